The van der Waals surface area contributed by atoms with Crippen LogP contribution in [-0.2, 0) is 42.0 Å². The van der Waals surface area contributed by atoms with Crippen LogP contribution in [0.2, 0.25) is 5.02 Å². The Morgan fingerprint density at radius 3 is 2.70 bits per heavy atom. The molecule has 0 radical (unpaired) electrons. The summed E-state index contributed by atoms with van der Waals surface area (Å²) < 4.78 is 39.2. The van der Waals surface area contributed by atoms with Gasteiger partial charge >= 0.3 is 0 Å². The zero-order valence-corrected chi connectivity index (χ0v) is 27.4. The Labute approximate surface area is 265 Å². The van der Waals surface area contributed by atoms with Gasteiger partial charge < -0.3 is 19.1 Å². The van der Waals surface area contributed by atoms with Crippen molar-refractivity contribution >= 4 is 39.0 Å². The highest BCUT2D eigenvalue weighted by atomic mass is 35.5. The van der Waals surface area contributed by atoms with Crippen LogP contribution in [0.5, 0.6) is 5.75 Å². The second kappa shape index (κ2) is 13.6. The van der Waals surface area contributed by atoms with Crippen LogP contribution in [0.3, 0.4) is 0 Å². The van der Waals surface area contributed by atoms with Gasteiger partial charge in [0.15, 0.2) is 9.92 Å². The van der Waals surface area contributed by atoms with Crippen LogP contribution in [0.15, 0.2) is 57.8 Å². The normalized spacial score (nSPS) is 28.1. The van der Waals surface area contributed by atoms with Gasteiger partial charge in [-0.15, -0.1) is 4.36 Å². The Balaban J connectivity index is 1.64. The molecule has 2 aromatic rings. The molecule has 0 aromatic heterocycles. The zero-order valence-electron chi connectivity index (χ0n) is 25.8. The maximum Gasteiger partial charge on any atom is 0.287 e. The number of halogens is 1. The van der Waals surface area contributed by atoms with E-state index in [1.807, 2.05) is 30.4 Å². The molecule has 1 fully saturated rings. The van der Waals surface area contributed by atoms with Crippen molar-refractivity contribution < 1.29 is 28.0 Å². The molecule has 3 aliphatic rings. The van der Waals surface area contributed by atoms with Crippen molar-refractivity contribution in [2.24, 2.45) is 16.2 Å². The molecule has 2 heterocycles. The second-order valence-electron chi connectivity index (χ2n) is 12.3. The van der Waals surface area contributed by atoms with Gasteiger partial charge in [0, 0.05) is 32.1 Å². The Hall–Kier alpha value is -2.92. The number of anilines is 1. The lowest BCUT2D eigenvalue weighted by molar-refractivity contribution is -0.137. The Bertz CT molecular complexity index is 1550. The minimum Gasteiger partial charge on any atom is -0.487 e. The molecule has 2 aliphatic heterocycles. The first-order chi connectivity index (χ1) is 21.0. The van der Waals surface area contributed by atoms with Gasteiger partial charge in [-0.2, -0.15) is 0 Å². The molecule has 0 saturated heterocycles. The van der Waals surface area contributed by atoms with Crippen molar-refractivity contribution in [1.82, 2.24) is 4.72 Å². The third-order valence-electron chi connectivity index (χ3n) is 8.77. The first kappa shape index (κ1) is 32.5. The van der Waals surface area contributed by atoms with Crippen LogP contribution in [0.1, 0.15) is 57.6 Å². The monoisotopic (exact) mass is 643 g/mol. The summed E-state index contributed by atoms with van der Waals surface area (Å²) in [5.74, 6) is -0.00583. The van der Waals surface area contributed by atoms with Crippen molar-refractivity contribution in [3.63, 3.8) is 0 Å². The summed E-state index contributed by atoms with van der Waals surface area (Å²) in [6, 6.07) is 11.0. The summed E-state index contributed by atoms with van der Waals surface area (Å²) in [6.45, 7) is 6.40. The molecule has 2 bridgehead atoms. The fraction of sp³-hybridized carbons (Fsp3) is 0.515. The molecule has 1 aliphatic carbocycles. The fourth-order valence-corrected chi connectivity index (χ4v) is 7.92. The molecule has 0 spiro atoms. The molecule has 4 atom stereocenters. The van der Waals surface area contributed by atoms with Gasteiger partial charge in [0.1, 0.15) is 18.0 Å². The van der Waals surface area contributed by atoms with E-state index in [0.717, 1.165) is 56.4 Å². The molecule has 9 nitrogen and oxygen atoms in total. The lowest BCUT2D eigenvalue weighted by atomic mass is 9.70. The third-order valence-corrected chi connectivity index (χ3v) is 10.9. The number of amides is 2. The zero-order chi connectivity index (χ0) is 31.5. The molecule has 1 unspecified atom stereocenters. The molecule has 5 rings (SSSR count). The van der Waals surface area contributed by atoms with E-state index in [4.69, 9.17) is 25.8 Å². The van der Waals surface area contributed by atoms with Crippen molar-refractivity contribution in [1.29, 1.82) is 0 Å². The summed E-state index contributed by atoms with van der Waals surface area (Å²) in [5, 5.41) is 0.701. The number of nitrogens with zero attached hydrogens (tertiary/aromatic N) is 2. The van der Waals surface area contributed by atoms with Crippen LogP contribution in [0.25, 0.3) is 0 Å². The minimum atomic E-state index is -3.70. The number of aryl methyl sites for hydroxylation is 1. The SMILES string of the molecule is CO[C@H]1/C=C/COC(C)(C)C(=O)N=S(=O)(NC(C)=O)c2ccc3c(c2)N(CCCCc2cc(Cl)ccc2CO3)C[C@@H]2CC[C@H]21. The van der Waals surface area contributed by atoms with Crippen LogP contribution in [0.4, 0.5) is 5.69 Å². The molecular weight excluding hydrogens is 602 g/mol. The lowest BCUT2D eigenvalue weighted by Gasteiger charge is -2.43. The Morgan fingerprint density at radius 1 is 1.16 bits per heavy atom. The van der Waals surface area contributed by atoms with E-state index < -0.39 is 27.3 Å². The first-order valence-corrected chi connectivity index (χ1v) is 17.1. The van der Waals surface area contributed by atoms with E-state index in [1.165, 1.54) is 12.5 Å². The summed E-state index contributed by atoms with van der Waals surface area (Å²) >= 11 is 6.34. The quantitative estimate of drug-likeness (QED) is 0.408. The highest BCUT2D eigenvalue weighted by Crippen LogP contribution is 2.42. The summed E-state index contributed by atoms with van der Waals surface area (Å²) in [7, 11) is -1.97. The van der Waals surface area contributed by atoms with E-state index in [0.29, 0.717) is 29.2 Å². The summed E-state index contributed by atoms with van der Waals surface area (Å²) in [4.78, 5) is 28.2. The molecule has 44 heavy (non-hydrogen) atoms. The van der Waals surface area contributed by atoms with Crippen molar-refractivity contribution in [3.05, 3.63) is 64.7 Å². The molecule has 2 aromatic carbocycles. The Kier molecular flexibility index (Phi) is 10.0. The summed E-state index contributed by atoms with van der Waals surface area (Å²) in [6.07, 6.45) is 8.64. The van der Waals surface area contributed by atoms with Gasteiger partial charge in [0.25, 0.3) is 5.91 Å². The van der Waals surface area contributed by atoms with Gasteiger partial charge in [-0.25, -0.2) is 4.21 Å². The second-order valence-corrected chi connectivity index (χ2v) is 14.6. The van der Waals surface area contributed by atoms with Gasteiger partial charge in [0.05, 0.1) is 23.3 Å². The smallest absolute Gasteiger partial charge is 0.287 e. The molecule has 1 N–H and O–H groups in total. The van der Waals surface area contributed by atoms with Crippen molar-refractivity contribution in [2.45, 2.75) is 76.1 Å². The molecule has 11 heteroatoms. The summed E-state index contributed by atoms with van der Waals surface area (Å²) in [5.41, 5.74) is 1.59. The highest BCUT2D eigenvalue weighted by Gasteiger charge is 2.38. The van der Waals surface area contributed by atoms with E-state index in [-0.39, 0.29) is 17.6 Å². The largest absolute Gasteiger partial charge is 0.487 e. The van der Waals surface area contributed by atoms with E-state index in [2.05, 4.69) is 14.0 Å². The van der Waals surface area contributed by atoms with Crippen LogP contribution < -0.4 is 14.4 Å². The number of ether oxygens (including phenoxy) is 3. The molecule has 238 valence electrons. The highest BCUT2D eigenvalue weighted by molar-refractivity contribution is 7.92. The van der Waals surface area contributed by atoms with Gasteiger partial charge in [0.2, 0.25) is 5.91 Å². The number of nitrogens with one attached hydrogen (secondary N) is 1. The molecule has 2 amide bonds. The number of hydrogen-bond donors (Lipinski definition) is 1. The fourth-order valence-electron chi connectivity index (χ4n) is 6.09. The Morgan fingerprint density at radius 2 is 1.98 bits per heavy atom. The number of methoxy groups -OCH3 is 1. The maximum atomic E-state index is 14.4. The minimum absolute atomic E-state index is 0.0857. The van der Waals surface area contributed by atoms with E-state index in [1.54, 1.807) is 39.2 Å². The third kappa shape index (κ3) is 7.30. The molecule has 1 saturated carbocycles. The number of benzene rings is 2. The van der Waals surface area contributed by atoms with Crippen molar-refractivity contribution in [2.75, 3.05) is 31.7 Å². The van der Waals surface area contributed by atoms with Crippen LogP contribution >= 0.6 is 11.6 Å². The van der Waals surface area contributed by atoms with Crippen LogP contribution in [-0.4, -0.2) is 54.5 Å². The number of carbonyl (C=O) groups is 2. The standard InChI is InChI=1S/C33H42ClN3O6S/c1-22(38)35-44(40)27-13-15-31-29(19-27)37(16-6-5-8-23-18-26(34)12-10-25(23)21-42-31)20-24-11-14-28(24)30(41-4)9-7-17-43-33(2,3)32(39)36-44/h7,9-10,12-13,15,18-19,24,28,30H,5-6,8,11,14,16-17,20-21H2,1-4H3,(H,35,36,38,39,40)/b9-7+/t24-,28+,30-,44?/m0/s1. The maximum absolute atomic E-state index is 14.4. The molecular formula is C33H42ClN3O6S. The van der Waals surface area contributed by atoms with E-state index in [9.17, 15) is 13.8 Å². The number of carbonyl (C=O) groups excluding carboxylic acids is 2. The predicted octanol–water partition coefficient (Wildman–Crippen LogP) is 5.87. The van der Waals surface area contributed by atoms with E-state index >= 15 is 0 Å². The number of fused-ring (bicyclic) bond motifs is 3. The average Bonchev–Trinajstić information content (AvgIpc) is 2.98. The average molecular weight is 644 g/mol. The van der Waals surface area contributed by atoms with Crippen molar-refractivity contribution in [3.8, 4) is 5.75 Å². The topological polar surface area (TPSA) is 107 Å². The first-order valence-electron chi connectivity index (χ1n) is 15.2. The van der Waals surface area contributed by atoms with Gasteiger partial charge in [-0.3, -0.25) is 14.3 Å². The number of rotatable bonds is 2. The van der Waals surface area contributed by atoms with Crippen LogP contribution in [0, 0.1) is 11.8 Å². The number of hydrogen-bond acceptors (Lipinski definition) is 7. The predicted molar refractivity (Wildman–Crippen MR) is 171 cm³/mol. The van der Waals surface area contributed by atoms with Gasteiger partial charge in [-0.05, 0) is 99.2 Å². The lowest BCUT2D eigenvalue weighted by Crippen LogP contribution is -2.44. The van der Waals surface area contributed by atoms with Gasteiger partial charge in [-0.1, -0.05) is 29.8 Å².